The minimum absolute atomic E-state index is 0.0863. The Kier molecular flexibility index (Phi) is 5.81. The molecule has 1 N–H and O–H groups in total. The van der Waals surface area contributed by atoms with Gasteiger partial charge >= 0.3 is 0 Å². The molecule has 0 aliphatic carbocycles. The summed E-state index contributed by atoms with van der Waals surface area (Å²) < 4.78 is 34.1. The standard InChI is InChI=1S/C22H16Cl2N2O3S/c23-18-12-11-16(14-19(18)24)21-22(26-30(27,28)17-9-5-2-6-10-17)25-20(29-21)13-15-7-3-1-4-8-15/h1-12,14,26H,13H2. The second-order valence-corrected chi connectivity index (χ2v) is 8.99. The highest BCUT2D eigenvalue weighted by atomic mass is 35.5. The Hall–Kier alpha value is -2.80. The summed E-state index contributed by atoms with van der Waals surface area (Å²) in [7, 11) is -3.85. The van der Waals surface area contributed by atoms with E-state index >= 15 is 0 Å². The summed E-state index contributed by atoms with van der Waals surface area (Å²) in [5.74, 6) is 0.718. The van der Waals surface area contributed by atoms with Gasteiger partial charge < -0.3 is 4.42 Å². The second-order valence-electron chi connectivity index (χ2n) is 6.50. The number of nitrogens with one attached hydrogen (secondary N) is 1. The highest BCUT2D eigenvalue weighted by Gasteiger charge is 2.22. The third kappa shape index (κ3) is 4.51. The highest BCUT2D eigenvalue weighted by Crippen LogP contribution is 2.34. The minimum Gasteiger partial charge on any atom is -0.438 e. The lowest BCUT2D eigenvalue weighted by molar-refractivity contribution is 0.519. The number of rotatable bonds is 6. The van der Waals surface area contributed by atoms with Crippen molar-refractivity contribution in [3.8, 4) is 11.3 Å². The van der Waals surface area contributed by atoms with Gasteiger partial charge in [-0.15, -0.1) is 0 Å². The van der Waals surface area contributed by atoms with Crippen molar-refractivity contribution >= 4 is 39.0 Å². The van der Waals surface area contributed by atoms with Crippen molar-refractivity contribution in [2.45, 2.75) is 11.3 Å². The molecule has 0 saturated carbocycles. The molecule has 152 valence electrons. The van der Waals surface area contributed by atoms with Gasteiger partial charge in [-0.1, -0.05) is 71.7 Å². The fourth-order valence-electron chi connectivity index (χ4n) is 2.90. The van der Waals surface area contributed by atoms with Crippen LogP contribution in [0.15, 0.2) is 88.2 Å². The van der Waals surface area contributed by atoms with Crippen LogP contribution >= 0.6 is 23.2 Å². The topological polar surface area (TPSA) is 72.2 Å². The SMILES string of the molecule is O=S(=O)(Nc1nc(Cc2ccccc2)oc1-c1ccc(Cl)c(Cl)c1)c1ccccc1. The molecule has 0 spiro atoms. The first-order chi connectivity index (χ1) is 14.4. The van der Waals surface area contributed by atoms with Crippen molar-refractivity contribution < 1.29 is 12.8 Å². The molecule has 0 saturated heterocycles. The van der Waals surface area contributed by atoms with Gasteiger partial charge in [0.25, 0.3) is 10.0 Å². The van der Waals surface area contributed by atoms with Gasteiger partial charge in [-0.05, 0) is 35.9 Å². The molecule has 8 heteroatoms. The first-order valence-corrected chi connectivity index (χ1v) is 11.2. The maximum absolute atomic E-state index is 12.8. The Labute approximate surface area is 184 Å². The lowest BCUT2D eigenvalue weighted by atomic mass is 10.1. The molecular weight excluding hydrogens is 443 g/mol. The van der Waals surface area contributed by atoms with Crippen molar-refractivity contribution in [3.63, 3.8) is 0 Å². The molecular formula is C22H16Cl2N2O3S. The van der Waals surface area contributed by atoms with E-state index < -0.39 is 10.0 Å². The molecule has 0 atom stereocenters. The van der Waals surface area contributed by atoms with Crippen LogP contribution in [0.3, 0.4) is 0 Å². The third-order valence-electron chi connectivity index (χ3n) is 4.34. The Morgan fingerprint density at radius 2 is 1.53 bits per heavy atom. The fraction of sp³-hybridized carbons (Fsp3) is 0.0455. The number of benzene rings is 3. The average molecular weight is 459 g/mol. The van der Waals surface area contributed by atoms with Gasteiger partial charge in [0, 0.05) is 12.0 Å². The average Bonchev–Trinajstić information content (AvgIpc) is 3.13. The largest absolute Gasteiger partial charge is 0.438 e. The van der Waals surface area contributed by atoms with Gasteiger partial charge in [-0.2, -0.15) is 4.98 Å². The van der Waals surface area contributed by atoms with Crippen molar-refractivity contribution in [3.05, 3.63) is 100 Å². The molecule has 0 amide bonds. The number of hydrogen-bond donors (Lipinski definition) is 1. The molecule has 0 radical (unpaired) electrons. The predicted molar refractivity (Wildman–Crippen MR) is 118 cm³/mol. The Balaban J connectivity index is 1.76. The predicted octanol–water partition coefficient (Wildman–Crippen LogP) is 6.04. The summed E-state index contributed by atoms with van der Waals surface area (Å²) >= 11 is 12.2. The summed E-state index contributed by atoms with van der Waals surface area (Å²) in [4.78, 5) is 4.53. The van der Waals surface area contributed by atoms with Crippen LogP contribution in [0.25, 0.3) is 11.3 Å². The number of nitrogens with zero attached hydrogens (tertiary/aromatic N) is 1. The molecule has 0 aliphatic rings. The number of oxazole rings is 1. The van der Waals surface area contributed by atoms with Crippen molar-refractivity contribution in [2.24, 2.45) is 0 Å². The second kappa shape index (κ2) is 8.52. The van der Waals surface area contributed by atoms with E-state index in [-0.39, 0.29) is 16.5 Å². The minimum atomic E-state index is -3.85. The monoisotopic (exact) mass is 458 g/mol. The zero-order valence-corrected chi connectivity index (χ0v) is 17.9. The Bertz CT molecular complexity index is 1270. The maximum Gasteiger partial charge on any atom is 0.263 e. The first-order valence-electron chi connectivity index (χ1n) is 8.99. The Morgan fingerprint density at radius 3 is 2.20 bits per heavy atom. The Morgan fingerprint density at radius 1 is 0.867 bits per heavy atom. The zero-order chi connectivity index (χ0) is 21.1. The maximum atomic E-state index is 12.8. The normalized spacial score (nSPS) is 11.4. The third-order valence-corrected chi connectivity index (χ3v) is 6.43. The van der Waals surface area contributed by atoms with E-state index in [4.69, 9.17) is 27.6 Å². The summed E-state index contributed by atoms with van der Waals surface area (Å²) in [6, 6.07) is 22.6. The van der Waals surface area contributed by atoms with Gasteiger partial charge in [0.1, 0.15) is 0 Å². The van der Waals surface area contributed by atoms with Gasteiger partial charge in [0.15, 0.2) is 11.6 Å². The molecule has 0 bridgehead atoms. The van der Waals surface area contributed by atoms with E-state index in [1.54, 1.807) is 36.4 Å². The van der Waals surface area contributed by atoms with Crippen molar-refractivity contribution in [1.82, 2.24) is 4.98 Å². The molecule has 4 aromatic rings. The number of hydrogen-bond acceptors (Lipinski definition) is 4. The first kappa shape index (κ1) is 20.5. The summed E-state index contributed by atoms with van der Waals surface area (Å²) in [6.07, 6.45) is 0.405. The van der Waals surface area contributed by atoms with Crippen molar-refractivity contribution in [2.75, 3.05) is 4.72 Å². The lowest BCUT2D eigenvalue weighted by Crippen LogP contribution is -2.13. The lowest BCUT2D eigenvalue weighted by Gasteiger charge is -2.07. The van der Waals surface area contributed by atoms with Crippen LogP contribution in [0, 0.1) is 0 Å². The highest BCUT2D eigenvalue weighted by molar-refractivity contribution is 7.92. The smallest absolute Gasteiger partial charge is 0.263 e. The fourth-order valence-corrected chi connectivity index (χ4v) is 4.22. The van der Waals surface area contributed by atoms with Crippen LogP contribution < -0.4 is 4.72 Å². The van der Waals surface area contributed by atoms with Crippen LogP contribution in [0.5, 0.6) is 0 Å². The number of halogens is 2. The molecule has 3 aromatic carbocycles. The summed E-state index contributed by atoms with van der Waals surface area (Å²) in [6.45, 7) is 0. The molecule has 0 aliphatic heterocycles. The van der Waals surface area contributed by atoms with Crippen LogP contribution in [0.2, 0.25) is 10.0 Å². The van der Waals surface area contributed by atoms with E-state index in [1.807, 2.05) is 30.3 Å². The van der Waals surface area contributed by atoms with Gasteiger partial charge in [0.05, 0.1) is 14.9 Å². The zero-order valence-electron chi connectivity index (χ0n) is 15.5. The molecule has 0 unspecified atom stereocenters. The summed E-state index contributed by atoms with van der Waals surface area (Å²) in [5, 5.41) is 0.711. The van der Waals surface area contributed by atoms with Crippen LogP contribution in [-0.4, -0.2) is 13.4 Å². The molecule has 4 rings (SSSR count). The number of aromatic nitrogens is 1. The number of anilines is 1. The number of sulfonamides is 1. The van der Waals surface area contributed by atoms with Crippen LogP contribution in [-0.2, 0) is 16.4 Å². The molecule has 1 aromatic heterocycles. The quantitative estimate of drug-likeness (QED) is 0.382. The van der Waals surface area contributed by atoms with E-state index in [0.717, 1.165) is 5.56 Å². The van der Waals surface area contributed by atoms with E-state index in [9.17, 15) is 8.42 Å². The van der Waals surface area contributed by atoms with E-state index in [0.29, 0.717) is 27.9 Å². The van der Waals surface area contributed by atoms with Gasteiger partial charge in [-0.3, -0.25) is 4.72 Å². The molecule has 0 fully saturated rings. The van der Waals surface area contributed by atoms with Gasteiger partial charge in [-0.25, -0.2) is 8.42 Å². The molecule has 1 heterocycles. The molecule has 5 nitrogen and oxygen atoms in total. The van der Waals surface area contributed by atoms with Gasteiger partial charge in [0.2, 0.25) is 5.89 Å². The summed E-state index contributed by atoms with van der Waals surface area (Å²) in [5.41, 5.74) is 1.54. The molecule has 30 heavy (non-hydrogen) atoms. The van der Waals surface area contributed by atoms with E-state index in [2.05, 4.69) is 9.71 Å². The van der Waals surface area contributed by atoms with Crippen molar-refractivity contribution in [1.29, 1.82) is 0 Å². The van der Waals surface area contributed by atoms with Crippen LogP contribution in [0.4, 0.5) is 5.82 Å². The van der Waals surface area contributed by atoms with Crippen LogP contribution in [0.1, 0.15) is 11.5 Å². The van der Waals surface area contributed by atoms with E-state index in [1.165, 1.54) is 12.1 Å².